The molecule has 0 aliphatic rings. The highest BCUT2D eigenvalue weighted by Crippen LogP contribution is 2.23. The molecule has 5 heteroatoms. The van der Waals surface area contributed by atoms with Gasteiger partial charge in [-0.2, -0.15) is 4.98 Å². The summed E-state index contributed by atoms with van der Waals surface area (Å²) in [4.78, 5) is 8.06. The van der Waals surface area contributed by atoms with E-state index in [0.717, 1.165) is 5.56 Å². The summed E-state index contributed by atoms with van der Waals surface area (Å²) in [5, 5.41) is 10.4. The predicted octanol–water partition coefficient (Wildman–Crippen LogP) is 3.97. The number of hydrogen-bond donors (Lipinski definition) is 1. The maximum atomic E-state index is 9.35. The van der Waals surface area contributed by atoms with Crippen molar-refractivity contribution in [3.05, 3.63) is 51.4 Å². The molecule has 1 aromatic carbocycles. The second kappa shape index (κ2) is 5.38. The number of nitrogens with zero attached hydrogens (tertiary/aromatic N) is 2. The minimum absolute atomic E-state index is 0.0451. The van der Waals surface area contributed by atoms with E-state index in [9.17, 15) is 5.11 Å². The zero-order valence-corrected chi connectivity index (χ0v) is 11.1. The first-order chi connectivity index (χ1) is 8.54. The Bertz CT molecular complexity index is 592. The fourth-order valence-electron chi connectivity index (χ4n) is 1.44. The van der Waals surface area contributed by atoms with Gasteiger partial charge in [-0.15, -0.1) is 0 Å². The lowest BCUT2D eigenvalue weighted by Gasteiger charge is -1.99. The Morgan fingerprint density at radius 3 is 2.50 bits per heavy atom. The molecule has 3 nitrogen and oxygen atoms in total. The zero-order valence-electron chi connectivity index (χ0n) is 9.56. The Balaban J connectivity index is 2.27. The highest BCUT2D eigenvalue weighted by molar-refractivity contribution is 6.42. The Labute approximate surface area is 115 Å². The van der Waals surface area contributed by atoms with E-state index in [1.54, 1.807) is 31.2 Å². The summed E-state index contributed by atoms with van der Waals surface area (Å²) in [6, 6.07) is 6.80. The quantitative estimate of drug-likeness (QED) is 0.906. The molecule has 92 valence electrons. The first-order valence-electron chi connectivity index (χ1n) is 5.22. The van der Waals surface area contributed by atoms with Crippen LogP contribution in [0.5, 0.6) is 5.88 Å². The van der Waals surface area contributed by atoms with Crippen LogP contribution in [0.1, 0.15) is 17.1 Å². The summed E-state index contributed by atoms with van der Waals surface area (Å²) in [7, 11) is 0. The van der Waals surface area contributed by atoms with Gasteiger partial charge >= 0.3 is 0 Å². The molecule has 0 radical (unpaired) electrons. The maximum Gasteiger partial charge on any atom is 0.214 e. The normalized spacial score (nSPS) is 11.1. The van der Waals surface area contributed by atoms with Crippen molar-refractivity contribution in [3.8, 4) is 5.88 Å². The molecule has 1 N–H and O–H groups in total. The third-order valence-corrected chi connectivity index (χ3v) is 2.97. The van der Waals surface area contributed by atoms with E-state index in [4.69, 9.17) is 23.2 Å². The van der Waals surface area contributed by atoms with E-state index < -0.39 is 0 Å². The molecule has 1 heterocycles. The van der Waals surface area contributed by atoms with Crippen molar-refractivity contribution in [2.75, 3.05) is 0 Å². The fraction of sp³-hybridized carbons (Fsp3) is 0.0769. The van der Waals surface area contributed by atoms with E-state index in [2.05, 4.69) is 9.97 Å². The second-order valence-corrected chi connectivity index (χ2v) is 4.55. The van der Waals surface area contributed by atoms with Crippen molar-refractivity contribution in [1.29, 1.82) is 0 Å². The molecule has 0 saturated carbocycles. The van der Waals surface area contributed by atoms with E-state index in [1.165, 1.54) is 6.07 Å². The number of aryl methyl sites for hydroxylation is 1. The molecule has 0 aliphatic carbocycles. The summed E-state index contributed by atoms with van der Waals surface area (Å²) in [5.41, 5.74) is 1.59. The highest BCUT2D eigenvalue weighted by atomic mass is 35.5. The minimum atomic E-state index is -0.0451. The monoisotopic (exact) mass is 280 g/mol. The predicted molar refractivity (Wildman–Crippen MR) is 73.8 cm³/mol. The van der Waals surface area contributed by atoms with E-state index in [0.29, 0.717) is 21.6 Å². The number of aromatic hydroxyl groups is 1. The van der Waals surface area contributed by atoms with E-state index in [1.807, 2.05) is 6.07 Å². The zero-order chi connectivity index (χ0) is 13.1. The Morgan fingerprint density at radius 2 is 1.83 bits per heavy atom. The first kappa shape index (κ1) is 12.9. The third-order valence-electron chi connectivity index (χ3n) is 2.23. The van der Waals surface area contributed by atoms with Crippen LogP contribution in [-0.2, 0) is 0 Å². The minimum Gasteiger partial charge on any atom is -0.493 e. The van der Waals surface area contributed by atoms with Gasteiger partial charge in [-0.3, -0.25) is 0 Å². The number of halogens is 2. The smallest absolute Gasteiger partial charge is 0.214 e. The SMILES string of the molecule is Cc1cc(O)nc(C=Cc2ccc(Cl)c(Cl)c2)n1. The van der Waals surface area contributed by atoms with Crippen molar-refractivity contribution < 1.29 is 5.11 Å². The molecule has 2 aromatic rings. The maximum absolute atomic E-state index is 9.35. The molecular formula is C13H10Cl2N2O. The summed E-state index contributed by atoms with van der Waals surface area (Å²) in [5.74, 6) is 0.398. The van der Waals surface area contributed by atoms with Gasteiger partial charge in [0.05, 0.1) is 10.0 Å². The molecular weight excluding hydrogens is 271 g/mol. The van der Waals surface area contributed by atoms with E-state index >= 15 is 0 Å². The van der Waals surface area contributed by atoms with Crippen LogP contribution in [0.3, 0.4) is 0 Å². The molecule has 0 saturated heterocycles. The molecule has 0 unspecified atom stereocenters. The van der Waals surface area contributed by atoms with Crippen molar-refractivity contribution in [1.82, 2.24) is 9.97 Å². The lowest BCUT2D eigenvalue weighted by atomic mass is 10.2. The van der Waals surface area contributed by atoms with Crippen LogP contribution in [0.4, 0.5) is 0 Å². The van der Waals surface area contributed by atoms with Gasteiger partial charge in [-0.05, 0) is 30.7 Å². The molecule has 0 bridgehead atoms. The summed E-state index contributed by atoms with van der Waals surface area (Å²) >= 11 is 11.7. The van der Waals surface area contributed by atoms with Gasteiger partial charge in [-0.1, -0.05) is 35.3 Å². The number of benzene rings is 1. The van der Waals surface area contributed by atoms with Crippen LogP contribution in [0.15, 0.2) is 24.3 Å². The van der Waals surface area contributed by atoms with Gasteiger partial charge in [-0.25, -0.2) is 4.98 Å². The molecule has 0 atom stereocenters. The van der Waals surface area contributed by atoms with Crippen molar-refractivity contribution in [2.45, 2.75) is 6.92 Å². The van der Waals surface area contributed by atoms with Crippen molar-refractivity contribution in [2.24, 2.45) is 0 Å². The van der Waals surface area contributed by atoms with Gasteiger partial charge in [0, 0.05) is 11.8 Å². The van der Waals surface area contributed by atoms with Crippen molar-refractivity contribution >= 4 is 35.4 Å². The summed E-state index contributed by atoms with van der Waals surface area (Å²) < 4.78 is 0. The average Bonchev–Trinajstić information content (AvgIpc) is 2.29. The topological polar surface area (TPSA) is 46.0 Å². The Hall–Kier alpha value is -1.58. The molecule has 2 rings (SSSR count). The number of rotatable bonds is 2. The van der Waals surface area contributed by atoms with Gasteiger partial charge in [0.1, 0.15) is 0 Å². The van der Waals surface area contributed by atoms with Gasteiger partial charge < -0.3 is 5.11 Å². The summed E-state index contributed by atoms with van der Waals surface area (Å²) in [6.45, 7) is 1.79. The fourth-order valence-corrected chi connectivity index (χ4v) is 1.74. The Kier molecular flexibility index (Phi) is 3.84. The van der Waals surface area contributed by atoms with Crippen LogP contribution >= 0.6 is 23.2 Å². The van der Waals surface area contributed by atoms with Crippen LogP contribution in [0.25, 0.3) is 12.2 Å². The van der Waals surface area contributed by atoms with Crippen LogP contribution in [0, 0.1) is 6.92 Å². The second-order valence-electron chi connectivity index (χ2n) is 3.73. The molecule has 0 aliphatic heterocycles. The third kappa shape index (κ3) is 3.22. The van der Waals surface area contributed by atoms with Crippen LogP contribution in [0.2, 0.25) is 10.0 Å². The standard InChI is InChI=1S/C13H10Cl2N2O/c1-8-6-13(18)17-12(16-8)5-3-9-2-4-10(14)11(15)7-9/h2-7H,1H3,(H,16,17,18). The lowest BCUT2D eigenvalue weighted by molar-refractivity contribution is 0.450. The van der Waals surface area contributed by atoms with Gasteiger partial charge in [0.25, 0.3) is 0 Å². The number of aromatic nitrogens is 2. The van der Waals surface area contributed by atoms with E-state index in [-0.39, 0.29) is 5.88 Å². The highest BCUT2D eigenvalue weighted by Gasteiger charge is 1.99. The van der Waals surface area contributed by atoms with Crippen LogP contribution in [-0.4, -0.2) is 15.1 Å². The lowest BCUT2D eigenvalue weighted by Crippen LogP contribution is -1.89. The largest absolute Gasteiger partial charge is 0.493 e. The molecule has 1 aromatic heterocycles. The van der Waals surface area contributed by atoms with Crippen LogP contribution < -0.4 is 0 Å². The molecule has 0 fully saturated rings. The van der Waals surface area contributed by atoms with Gasteiger partial charge in [0.2, 0.25) is 5.88 Å². The van der Waals surface area contributed by atoms with Gasteiger partial charge in [0.15, 0.2) is 5.82 Å². The Morgan fingerprint density at radius 1 is 1.06 bits per heavy atom. The first-order valence-corrected chi connectivity index (χ1v) is 5.98. The summed E-state index contributed by atoms with van der Waals surface area (Å²) in [6.07, 6.45) is 3.50. The molecule has 18 heavy (non-hydrogen) atoms. The average molecular weight is 281 g/mol. The molecule has 0 amide bonds. The number of hydrogen-bond acceptors (Lipinski definition) is 3. The molecule has 0 spiro atoms. The van der Waals surface area contributed by atoms with Crippen molar-refractivity contribution in [3.63, 3.8) is 0 Å².